The molecule has 0 saturated carbocycles. The van der Waals surface area contributed by atoms with Crippen molar-refractivity contribution in [1.29, 1.82) is 0 Å². The van der Waals surface area contributed by atoms with Crippen LogP contribution in [0.2, 0.25) is 5.02 Å². The van der Waals surface area contributed by atoms with Crippen LogP contribution < -0.4 is 4.72 Å². The van der Waals surface area contributed by atoms with Crippen LogP contribution in [0.5, 0.6) is 0 Å². The third-order valence-corrected chi connectivity index (χ3v) is 6.98. The molecule has 2 N–H and O–H groups in total. The third kappa shape index (κ3) is 4.17. The van der Waals surface area contributed by atoms with Gasteiger partial charge in [0.05, 0.1) is 23.0 Å². The number of benzene rings is 1. The maximum absolute atomic E-state index is 12.3. The molecule has 1 aromatic carbocycles. The lowest BCUT2D eigenvalue weighted by molar-refractivity contribution is 0.281. The lowest BCUT2D eigenvalue weighted by Crippen LogP contribution is -2.40. The molecule has 1 aromatic rings. The highest BCUT2D eigenvalue weighted by Gasteiger charge is 2.27. The Morgan fingerprint density at radius 1 is 1.29 bits per heavy atom. The van der Waals surface area contributed by atoms with Crippen molar-refractivity contribution < 1.29 is 21.9 Å². The van der Waals surface area contributed by atoms with Crippen LogP contribution in [-0.4, -0.2) is 39.5 Å². The van der Waals surface area contributed by atoms with Crippen LogP contribution >= 0.6 is 11.6 Å². The van der Waals surface area contributed by atoms with Crippen LogP contribution in [0, 0.1) is 0 Å². The first-order chi connectivity index (χ1) is 9.73. The predicted octanol–water partition coefficient (Wildman–Crippen LogP) is 0.688. The van der Waals surface area contributed by atoms with Crippen LogP contribution in [0.25, 0.3) is 0 Å². The summed E-state index contributed by atoms with van der Waals surface area (Å²) in [4.78, 5) is 0.00406. The monoisotopic (exact) mass is 353 g/mol. The van der Waals surface area contributed by atoms with Crippen LogP contribution in [-0.2, 0) is 26.5 Å². The molecule has 0 atom stereocenters. The molecule has 21 heavy (non-hydrogen) atoms. The Kier molecular flexibility index (Phi) is 4.94. The molecule has 6 nitrogen and oxygen atoms in total. The SMILES string of the molecule is O=S1(=O)CCC(NS(=O)(=O)c2ccc(Cl)c(CO)c2)CC1. The molecular formula is C12H16ClNO5S2. The molecule has 0 aromatic heterocycles. The van der Waals surface area contributed by atoms with Crippen molar-refractivity contribution in [2.45, 2.75) is 30.4 Å². The number of sulfone groups is 1. The van der Waals surface area contributed by atoms with Gasteiger partial charge in [0.25, 0.3) is 0 Å². The second-order valence-corrected chi connectivity index (χ2v) is 9.38. The van der Waals surface area contributed by atoms with Gasteiger partial charge in [-0.15, -0.1) is 0 Å². The third-order valence-electron chi connectivity index (χ3n) is 3.37. The van der Waals surface area contributed by atoms with E-state index in [-0.39, 0.29) is 35.8 Å². The molecule has 0 amide bonds. The molecular weight excluding hydrogens is 338 g/mol. The van der Waals surface area contributed by atoms with E-state index in [0.29, 0.717) is 10.6 Å². The lowest BCUT2D eigenvalue weighted by atomic mass is 10.2. The van der Waals surface area contributed by atoms with E-state index in [4.69, 9.17) is 16.7 Å². The largest absolute Gasteiger partial charge is 0.392 e. The van der Waals surface area contributed by atoms with E-state index in [1.54, 1.807) is 0 Å². The van der Waals surface area contributed by atoms with Gasteiger partial charge in [-0.05, 0) is 36.6 Å². The first-order valence-electron chi connectivity index (χ1n) is 6.35. The van der Waals surface area contributed by atoms with Crippen molar-refractivity contribution in [3.63, 3.8) is 0 Å². The van der Waals surface area contributed by atoms with Crippen molar-refractivity contribution in [1.82, 2.24) is 4.72 Å². The van der Waals surface area contributed by atoms with Crippen LogP contribution in [0.1, 0.15) is 18.4 Å². The van der Waals surface area contributed by atoms with Crippen LogP contribution in [0.15, 0.2) is 23.1 Å². The predicted molar refractivity (Wildman–Crippen MR) is 79.4 cm³/mol. The number of aliphatic hydroxyl groups excluding tert-OH is 1. The van der Waals surface area contributed by atoms with E-state index in [0.717, 1.165) is 0 Å². The molecule has 1 saturated heterocycles. The van der Waals surface area contributed by atoms with Gasteiger partial charge in [-0.1, -0.05) is 11.6 Å². The highest BCUT2D eigenvalue weighted by Crippen LogP contribution is 2.22. The first-order valence-corrected chi connectivity index (χ1v) is 10.0. The zero-order valence-corrected chi connectivity index (χ0v) is 13.5. The summed E-state index contributed by atoms with van der Waals surface area (Å²) in [5.41, 5.74) is 0.325. The Labute approximate surface area is 129 Å². The van der Waals surface area contributed by atoms with Gasteiger partial charge in [-0.25, -0.2) is 21.6 Å². The maximum atomic E-state index is 12.3. The average Bonchev–Trinajstić information content (AvgIpc) is 2.41. The normalized spacial score (nSPS) is 19.5. The minimum Gasteiger partial charge on any atom is -0.392 e. The fourth-order valence-electron chi connectivity index (χ4n) is 2.13. The highest BCUT2D eigenvalue weighted by atomic mass is 35.5. The van der Waals surface area contributed by atoms with E-state index >= 15 is 0 Å². The molecule has 0 radical (unpaired) electrons. The molecule has 0 unspecified atom stereocenters. The highest BCUT2D eigenvalue weighted by molar-refractivity contribution is 7.91. The number of rotatable bonds is 4. The smallest absolute Gasteiger partial charge is 0.240 e. The van der Waals surface area contributed by atoms with Gasteiger partial charge in [0.1, 0.15) is 9.84 Å². The summed E-state index contributed by atoms with van der Waals surface area (Å²) in [6.07, 6.45) is 0.532. The average molecular weight is 354 g/mol. The van der Waals surface area contributed by atoms with E-state index in [1.807, 2.05) is 0 Å². The summed E-state index contributed by atoms with van der Waals surface area (Å²) < 4.78 is 49.7. The summed E-state index contributed by atoms with van der Waals surface area (Å²) in [6, 6.07) is 3.67. The number of hydrogen-bond donors (Lipinski definition) is 2. The second-order valence-electron chi connectivity index (χ2n) is 4.96. The molecule has 0 spiro atoms. The van der Waals surface area contributed by atoms with Gasteiger partial charge in [0.2, 0.25) is 10.0 Å². The summed E-state index contributed by atoms with van der Waals surface area (Å²) in [5.74, 6) is -0.0224. The van der Waals surface area contributed by atoms with Gasteiger partial charge in [0, 0.05) is 11.1 Å². The van der Waals surface area contributed by atoms with Crippen molar-refractivity contribution >= 4 is 31.5 Å². The van der Waals surface area contributed by atoms with Gasteiger partial charge in [-0.3, -0.25) is 0 Å². The quantitative estimate of drug-likeness (QED) is 0.829. The standard InChI is InChI=1S/C12H16ClNO5S2/c13-12-2-1-11(7-9(12)8-15)21(18,19)14-10-3-5-20(16,17)6-4-10/h1-2,7,10,14-15H,3-6,8H2. The van der Waals surface area contributed by atoms with Gasteiger partial charge >= 0.3 is 0 Å². The number of hydrogen-bond acceptors (Lipinski definition) is 5. The topological polar surface area (TPSA) is 101 Å². The molecule has 9 heteroatoms. The Morgan fingerprint density at radius 2 is 1.90 bits per heavy atom. The molecule has 1 aliphatic heterocycles. The Balaban J connectivity index is 2.16. The fraction of sp³-hybridized carbons (Fsp3) is 0.500. The second kappa shape index (κ2) is 6.21. The van der Waals surface area contributed by atoms with Crippen molar-refractivity contribution in [3.8, 4) is 0 Å². The fourth-order valence-corrected chi connectivity index (χ4v) is 5.16. The molecule has 1 aliphatic rings. The molecule has 1 heterocycles. The van der Waals surface area contributed by atoms with E-state index < -0.39 is 25.9 Å². The summed E-state index contributed by atoms with van der Waals surface area (Å²) in [5, 5.41) is 9.41. The molecule has 0 aliphatic carbocycles. The lowest BCUT2D eigenvalue weighted by Gasteiger charge is -2.23. The zero-order valence-electron chi connectivity index (χ0n) is 11.1. The summed E-state index contributed by atoms with van der Waals surface area (Å²) in [6.45, 7) is -0.357. The van der Waals surface area contributed by atoms with Crippen molar-refractivity contribution in [2.75, 3.05) is 11.5 Å². The minimum atomic E-state index is -3.76. The summed E-state index contributed by atoms with van der Waals surface area (Å²) in [7, 11) is -6.80. The van der Waals surface area contributed by atoms with E-state index in [1.165, 1.54) is 18.2 Å². The van der Waals surface area contributed by atoms with Gasteiger partial charge in [-0.2, -0.15) is 0 Å². The maximum Gasteiger partial charge on any atom is 0.240 e. The Bertz CT molecular complexity index is 716. The molecule has 1 fully saturated rings. The number of halogens is 1. The Hall–Kier alpha value is -0.670. The van der Waals surface area contributed by atoms with E-state index in [2.05, 4.69) is 4.72 Å². The number of sulfonamides is 1. The first kappa shape index (κ1) is 16.7. The molecule has 0 bridgehead atoms. The van der Waals surface area contributed by atoms with E-state index in [9.17, 15) is 16.8 Å². The number of nitrogens with one attached hydrogen (secondary N) is 1. The Morgan fingerprint density at radius 3 is 2.48 bits per heavy atom. The van der Waals surface area contributed by atoms with Gasteiger partial charge < -0.3 is 5.11 Å². The molecule has 118 valence electrons. The van der Waals surface area contributed by atoms with Crippen molar-refractivity contribution in [2.24, 2.45) is 0 Å². The van der Waals surface area contributed by atoms with Crippen LogP contribution in [0.3, 0.4) is 0 Å². The van der Waals surface area contributed by atoms with Gasteiger partial charge in [0.15, 0.2) is 0 Å². The molecule has 2 rings (SSSR count). The minimum absolute atomic E-state index is 0.00406. The summed E-state index contributed by atoms with van der Waals surface area (Å²) >= 11 is 5.83. The van der Waals surface area contributed by atoms with Crippen LogP contribution in [0.4, 0.5) is 0 Å². The van der Waals surface area contributed by atoms with Crippen molar-refractivity contribution in [3.05, 3.63) is 28.8 Å². The zero-order chi connectivity index (χ0) is 15.7. The number of aliphatic hydroxyl groups is 1.